The van der Waals surface area contributed by atoms with E-state index in [4.69, 9.17) is 0 Å². The van der Waals surface area contributed by atoms with Crippen molar-refractivity contribution in [2.75, 3.05) is 6.54 Å². The molecule has 2 aromatic rings. The molecule has 1 N–H and O–H groups in total. The lowest BCUT2D eigenvalue weighted by atomic mass is 10.0. The average molecular weight is 313 g/mol. The van der Waals surface area contributed by atoms with Gasteiger partial charge in [-0.1, -0.05) is 6.42 Å². The van der Waals surface area contributed by atoms with Gasteiger partial charge in [0.25, 0.3) is 0 Å². The molecule has 0 unspecified atom stereocenters. The van der Waals surface area contributed by atoms with Gasteiger partial charge >= 0.3 is 6.18 Å². The summed E-state index contributed by atoms with van der Waals surface area (Å²) in [6.07, 6.45) is 0.232. The second-order valence-corrected chi connectivity index (χ2v) is 5.87. The van der Waals surface area contributed by atoms with Gasteiger partial charge in [-0.05, 0) is 31.5 Å². The van der Waals surface area contributed by atoms with Crippen molar-refractivity contribution < 1.29 is 13.2 Å². The highest BCUT2D eigenvalue weighted by atomic mass is 32.1. The van der Waals surface area contributed by atoms with Crippen LogP contribution in [0.1, 0.15) is 36.7 Å². The number of thiazole rings is 1. The highest BCUT2D eigenvalue weighted by molar-refractivity contribution is 7.13. The number of rotatable bonds is 2. The van der Waals surface area contributed by atoms with E-state index in [-0.39, 0.29) is 6.04 Å². The molecule has 0 amide bonds. The van der Waals surface area contributed by atoms with Crippen LogP contribution in [0.3, 0.4) is 0 Å². The van der Waals surface area contributed by atoms with E-state index < -0.39 is 11.9 Å². The Hall–Kier alpha value is -1.47. The fraction of sp³-hybridized carbons (Fsp3) is 0.429. The standard InChI is InChI=1S/C14H14F3N3S/c15-14(16,17)12-5-4-9(7-19-12)13-20-11(8-21-13)10-3-1-2-6-18-10/h4-5,7-8,10,18H,1-3,6H2/t10-/m1/s1. The van der Waals surface area contributed by atoms with Crippen LogP contribution in [-0.2, 0) is 6.18 Å². The summed E-state index contributed by atoms with van der Waals surface area (Å²) >= 11 is 1.44. The molecule has 3 nitrogen and oxygen atoms in total. The van der Waals surface area contributed by atoms with Crippen molar-refractivity contribution in [2.24, 2.45) is 0 Å². The molecule has 3 rings (SSSR count). The minimum absolute atomic E-state index is 0.256. The smallest absolute Gasteiger partial charge is 0.309 e. The summed E-state index contributed by atoms with van der Waals surface area (Å²) in [7, 11) is 0. The molecule has 1 atom stereocenters. The summed E-state index contributed by atoms with van der Waals surface area (Å²) in [6, 6.07) is 2.67. The van der Waals surface area contributed by atoms with Crippen LogP contribution < -0.4 is 5.32 Å². The van der Waals surface area contributed by atoms with Crippen LogP contribution in [0.4, 0.5) is 13.2 Å². The summed E-state index contributed by atoms with van der Waals surface area (Å²) in [5.41, 5.74) is 0.710. The third-order valence-electron chi connectivity index (χ3n) is 3.49. The number of halogens is 3. The predicted octanol–water partition coefficient (Wildman–Crippen LogP) is 4.04. The van der Waals surface area contributed by atoms with Gasteiger partial charge in [0.15, 0.2) is 0 Å². The zero-order valence-electron chi connectivity index (χ0n) is 11.2. The van der Waals surface area contributed by atoms with Gasteiger partial charge < -0.3 is 5.32 Å². The fourth-order valence-corrected chi connectivity index (χ4v) is 3.24. The van der Waals surface area contributed by atoms with E-state index in [2.05, 4.69) is 15.3 Å². The number of hydrogen-bond acceptors (Lipinski definition) is 4. The molecule has 0 bridgehead atoms. The lowest BCUT2D eigenvalue weighted by Crippen LogP contribution is -2.26. The van der Waals surface area contributed by atoms with Crippen molar-refractivity contribution in [3.8, 4) is 10.6 Å². The van der Waals surface area contributed by atoms with E-state index in [1.54, 1.807) is 0 Å². The van der Waals surface area contributed by atoms with Gasteiger partial charge in [0.1, 0.15) is 10.7 Å². The maximum atomic E-state index is 12.5. The van der Waals surface area contributed by atoms with Crippen LogP contribution >= 0.6 is 11.3 Å². The van der Waals surface area contributed by atoms with E-state index in [0.717, 1.165) is 24.7 Å². The van der Waals surface area contributed by atoms with Crippen LogP contribution in [0.15, 0.2) is 23.7 Å². The van der Waals surface area contributed by atoms with Gasteiger partial charge in [-0.15, -0.1) is 11.3 Å². The van der Waals surface area contributed by atoms with E-state index >= 15 is 0 Å². The van der Waals surface area contributed by atoms with E-state index in [1.165, 1.54) is 36.4 Å². The summed E-state index contributed by atoms with van der Waals surface area (Å²) in [6.45, 7) is 0.985. The van der Waals surface area contributed by atoms with Gasteiger partial charge in [-0.2, -0.15) is 13.2 Å². The molecule has 21 heavy (non-hydrogen) atoms. The summed E-state index contributed by atoms with van der Waals surface area (Å²) in [4.78, 5) is 8.00. The zero-order chi connectivity index (χ0) is 14.9. The Morgan fingerprint density at radius 2 is 2.10 bits per heavy atom. The fourth-order valence-electron chi connectivity index (χ4n) is 2.37. The first-order valence-corrected chi connectivity index (χ1v) is 7.64. The van der Waals surface area contributed by atoms with Crippen LogP contribution in [-0.4, -0.2) is 16.5 Å². The van der Waals surface area contributed by atoms with E-state index in [1.807, 2.05) is 5.38 Å². The highest BCUT2D eigenvalue weighted by Gasteiger charge is 2.32. The van der Waals surface area contributed by atoms with Crippen molar-refractivity contribution in [1.82, 2.24) is 15.3 Å². The van der Waals surface area contributed by atoms with Crippen molar-refractivity contribution in [1.29, 1.82) is 0 Å². The summed E-state index contributed by atoms with van der Waals surface area (Å²) in [5.74, 6) is 0. The third kappa shape index (κ3) is 3.24. The van der Waals surface area contributed by atoms with Gasteiger partial charge in [-0.25, -0.2) is 4.98 Å². The second-order valence-electron chi connectivity index (χ2n) is 5.01. The molecule has 1 saturated heterocycles. The number of piperidine rings is 1. The topological polar surface area (TPSA) is 37.8 Å². The van der Waals surface area contributed by atoms with Crippen molar-refractivity contribution in [3.05, 3.63) is 35.1 Å². The zero-order valence-corrected chi connectivity index (χ0v) is 12.0. The molecule has 112 valence electrons. The third-order valence-corrected chi connectivity index (χ3v) is 4.40. The molecule has 0 radical (unpaired) electrons. The van der Waals surface area contributed by atoms with Crippen LogP contribution in [0.25, 0.3) is 10.6 Å². The van der Waals surface area contributed by atoms with E-state index in [0.29, 0.717) is 10.6 Å². The molecule has 1 aliphatic rings. The molecular formula is C14H14F3N3S. The molecule has 0 aliphatic carbocycles. The van der Waals surface area contributed by atoms with Crippen molar-refractivity contribution >= 4 is 11.3 Å². The Bertz CT molecular complexity index is 601. The second kappa shape index (κ2) is 5.73. The van der Waals surface area contributed by atoms with Crippen LogP contribution in [0, 0.1) is 0 Å². The Kier molecular flexibility index (Phi) is 3.95. The first-order chi connectivity index (χ1) is 10.0. The lowest BCUT2D eigenvalue weighted by molar-refractivity contribution is -0.141. The Labute approximate surface area is 124 Å². The number of nitrogens with zero attached hydrogens (tertiary/aromatic N) is 2. The normalized spacial score (nSPS) is 19.7. The summed E-state index contributed by atoms with van der Waals surface area (Å²) < 4.78 is 37.5. The van der Waals surface area contributed by atoms with Crippen LogP contribution in [0.2, 0.25) is 0 Å². The molecule has 1 aliphatic heterocycles. The van der Waals surface area contributed by atoms with Crippen LogP contribution in [0.5, 0.6) is 0 Å². The van der Waals surface area contributed by atoms with Gasteiger partial charge in [0, 0.05) is 17.1 Å². The van der Waals surface area contributed by atoms with Crippen molar-refractivity contribution in [3.63, 3.8) is 0 Å². The quantitative estimate of drug-likeness (QED) is 0.909. The summed E-state index contributed by atoms with van der Waals surface area (Å²) in [5, 5.41) is 6.08. The molecule has 1 fully saturated rings. The highest BCUT2D eigenvalue weighted by Crippen LogP contribution is 2.31. The Balaban J connectivity index is 1.79. The van der Waals surface area contributed by atoms with Crippen molar-refractivity contribution in [2.45, 2.75) is 31.5 Å². The Morgan fingerprint density at radius 1 is 1.24 bits per heavy atom. The average Bonchev–Trinajstić information content (AvgIpc) is 2.97. The number of aromatic nitrogens is 2. The minimum Gasteiger partial charge on any atom is -0.309 e. The predicted molar refractivity (Wildman–Crippen MR) is 74.9 cm³/mol. The molecular weight excluding hydrogens is 299 g/mol. The molecule has 0 aromatic carbocycles. The number of nitrogens with one attached hydrogen (secondary N) is 1. The minimum atomic E-state index is -4.40. The molecule has 0 saturated carbocycles. The Morgan fingerprint density at radius 3 is 2.71 bits per heavy atom. The van der Waals surface area contributed by atoms with E-state index in [9.17, 15) is 13.2 Å². The maximum Gasteiger partial charge on any atom is 0.433 e. The monoisotopic (exact) mass is 313 g/mol. The number of hydrogen-bond donors (Lipinski definition) is 1. The first kappa shape index (κ1) is 14.5. The largest absolute Gasteiger partial charge is 0.433 e. The maximum absolute atomic E-state index is 12.5. The number of alkyl halides is 3. The SMILES string of the molecule is FC(F)(F)c1ccc(-c2nc([C@H]3CCCCN3)cs2)cn1. The molecule has 2 aromatic heterocycles. The van der Waals surface area contributed by atoms with Gasteiger partial charge in [0.05, 0.1) is 11.7 Å². The van der Waals surface area contributed by atoms with Gasteiger partial charge in [0.2, 0.25) is 0 Å². The first-order valence-electron chi connectivity index (χ1n) is 6.76. The number of pyridine rings is 1. The van der Waals surface area contributed by atoms with Gasteiger partial charge in [-0.3, -0.25) is 4.98 Å². The molecule has 7 heteroatoms. The molecule has 3 heterocycles. The lowest BCUT2D eigenvalue weighted by Gasteiger charge is -2.21. The molecule has 0 spiro atoms.